The number of carbonyl (C=O) groups is 1. The second kappa shape index (κ2) is 7.94. The number of hydrogen-bond donors (Lipinski definition) is 1. The Morgan fingerprint density at radius 3 is 2.48 bits per heavy atom. The fourth-order valence-corrected chi connectivity index (χ4v) is 5.19. The lowest BCUT2D eigenvalue weighted by Gasteiger charge is -2.34. The maximum Gasteiger partial charge on any atom is 0.254 e. The number of aromatic nitrogens is 1. The van der Waals surface area contributed by atoms with Crippen molar-refractivity contribution in [1.82, 2.24) is 14.2 Å². The van der Waals surface area contributed by atoms with Crippen molar-refractivity contribution in [3.05, 3.63) is 75.8 Å². The van der Waals surface area contributed by atoms with Gasteiger partial charge in [0.05, 0.1) is 16.0 Å². The van der Waals surface area contributed by atoms with E-state index < -0.39 is 27.3 Å². The maximum atomic E-state index is 13.7. The summed E-state index contributed by atoms with van der Waals surface area (Å²) in [7, 11) is -3.90. The average molecular weight is 440 g/mol. The number of carbonyl (C=O) groups excluding carboxylic acids is 1. The molecule has 0 bridgehead atoms. The summed E-state index contributed by atoms with van der Waals surface area (Å²) in [6.07, 6.45) is 0. The van der Waals surface area contributed by atoms with Gasteiger partial charge >= 0.3 is 0 Å². The number of nitrogens with one attached hydrogen (secondary N) is 1. The quantitative estimate of drug-likeness (QED) is 0.666. The first-order chi connectivity index (χ1) is 14.8. The predicted octanol–water partition coefficient (Wildman–Crippen LogP) is 1.69. The number of fused-ring (bicyclic) bond motifs is 1. The van der Waals surface area contributed by atoms with E-state index >= 15 is 0 Å². The van der Waals surface area contributed by atoms with E-state index in [0.29, 0.717) is 5.52 Å². The summed E-state index contributed by atoms with van der Waals surface area (Å²) in [5.74, 6) is -1.02. The molecule has 4 rings (SSSR count). The molecule has 158 valence electrons. The van der Waals surface area contributed by atoms with Gasteiger partial charge in [-0.05, 0) is 30.3 Å². The topological polar surface area (TPSA) is 114 Å². The largest absolute Gasteiger partial charge is 0.336 e. The predicted molar refractivity (Wildman–Crippen MR) is 110 cm³/mol. The molecule has 1 fully saturated rings. The number of hydrogen-bond acceptors (Lipinski definition) is 5. The number of nitriles is 1. The standard InChI is InChI=1S/C21H17FN4O4S/c22-15-5-6-18-16(11-15)17(12-20(27)24-18)21(28)25-7-9-26(10-8-25)31(29,30)19-4-2-1-3-14(19)13-23/h1-6,11-12H,7-10H2,(H,24,27). The van der Waals surface area contributed by atoms with Crippen LogP contribution in [0, 0.1) is 17.1 Å². The van der Waals surface area contributed by atoms with Crippen molar-refractivity contribution in [2.24, 2.45) is 0 Å². The van der Waals surface area contributed by atoms with Gasteiger partial charge in [0.2, 0.25) is 15.6 Å². The average Bonchev–Trinajstić information content (AvgIpc) is 2.78. The Labute approximate surface area is 177 Å². The Balaban J connectivity index is 1.58. The second-order valence-electron chi connectivity index (χ2n) is 7.04. The van der Waals surface area contributed by atoms with Gasteiger partial charge in [-0.1, -0.05) is 12.1 Å². The first-order valence-corrected chi connectivity index (χ1v) is 10.9. The van der Waals surface area contributed by atoms with Crippen LogP contribution in [0.15, 0.2) is 58.2 Å². The molecule has 0 aliphatic carbocycles. The van der Waals surface area contributed by atoms with Crippen LogP contribution in [0.3, 0.4) is 0 Å². The minimum absolute atomic E-state index is 0.0311. The Bertz CT molecular complexity index is 1390. The Morgan fingerprint density at radius 1 is 1.06 bits per heavy atom. The van der Waals surface area contributed by atoms with Crippen LogP contribution < -0.4 is 5.56 Å². The number of pyridine rings is 1. The van der Waals surface area contributed by atoms with Gasteiger partial charge < -0.3 is 9.88 Å². The first kappa shape index (κ1) is 20.7. The molecule has 1 N–H and O–H groups in total. The number of rotatable bonds is 3. The molecular formula is C21H17FN4O4S. The molecule has 0 radical (unpaired) electrons. The number of nitrogens with zero attached hydrogens (tertiary/aromatic N) is 3. The first-order valence-electron chi connectivity index (χ1n) is 9.42. The van der Waals surface area contributed by atoms with E-state index in [1.54, 1.807) is 12.1 Å². The molecule has 0 atom stereocenters. The highest BCUT2D eigenvalue weighted by atomic mass is 32.2. The monoisotopic (exact) mass is 440 g/mol. The van der Waals surface area contributed by atoms with Gasteiger partial charge in [-0.15, -0.1) is 0 Å². The highest BCUT2D eigenvalue weighted by molar-refractivity contribution is 7.89. The number of sulfonamides is 1. The van der Waals surface area contributed by atoms with Crippen molar-refractivity contribution in [2.75, 3.05) is 26.2 Å². The molecule has 2 heterocycles. The number of aromatic amines is 1. The zero-order valence-electron chi connectivity index (χ0n) is 16.2. The second-order valence-corrected chi connectivity index (χ2v) is 8.95. The van der Waals surface area contributed by atoms with Crippen LogP contribution in [0.25, 0.3) is 10.9 Å². The van der Waals surface area contributed by atoms with E-state index in [9.17, 15) is 27.7 Å². The highest BCUT2D eigenvalue weighted by Crippen LogP contribution is 2.23. The van der Waals surface area contributed by atoms with Crippen LogP contribution >= 0.6 is 0 Å². The van der Waals surface area contributed by atoms with Crippen molar-refractivity contribution >= 4 is 26.8 Å². The van der Waals surface area contributed by atoms with Crippen LogP contribution in [0.1, 0.15) is 15.9 Å². The third-order valence-electron chi connectivity index (χ3n) is 5.19. The summed E-state index contributed by atoms with van der Waals surface area (Å²) in [5.41, 5.74) is -0.0363. The molecule has 0 unspecified atom stereocenters. The summed E-state index contributed by atoms with van der Waals surface area (Å²) in [6, 6.07) is 12.7. The van der Waals surface area contributed by atoms with Gasteiger partial charge in [0, 0.05) is 43.1 Å². The van der Waals surface area contributed by atoms with Crippen LogP contribution in [0.4, 0.5) is 4.39 Å². The maximum absolute atomic E-state index is 13.7. The molecular weight excluding hydrogens is 423 g/mol. The van der Waals surface area contributed by atoms with Gasteiger partial charge in [0.1, 0.15) is 11.9 Å². The van der Waals surface area contributed by atoms with E-state index in [-0.39, 0.29) is 47.6 Å². The lowest BCUT2D eigenvalue weighted by molar-refractivity contribution is 0.0699. The minimum Gasteiger partial charge on any atom is -0.336 e. The fraction of sp³-hybridized carbons (Fsp3) is 0.190. The summed E-state index contributed by atoms with van der Waals surface area (Å²) in [4.78, 5) is 28.9. The van der Waals surface area contributed by atoms with Gasteiger partial charge in [0.15, 0.2) is 0 Å². The van der Waals surface area contributed by atoms with Crippen molar-refractivity contribution in [1.29, 1.82) is 5.26 Å². The van der Waals surface area contributed by atoms with E-state index in [4.69, 9.17) is 0 Å². The molecule has 31 heavy (non-hydrogen) atoms. The fourth-order valence-electron chi connectivity index (χ4n) is 3.63. The van der Waals surface area contributed by atoms with Crippen molar-refractivity contribution in [3.63, 3.8) is 0 Å². The molecule has 1 amide bonds. The number of halogens is 1. The van der Waals surface area contributed by atoms with Gasteiger partial charge in [-0.3, -0.25) is 9.59 Å². The van der Waals surface area contributed by atoms with Crippen molar-refractivity contribution in [2.45, 2.75) is 4.90 Å². The Kier molecular flexibility index (Phi) is 5.31. The number of H-pyrrole nitrogens is 1. The van der Waals surface area contributed by atoms with Gasteiger partial charge in [-0.25, -0.2) is 12.8 Å². The van der Waals surface area contributed by atoms with Crippen LogP contribution in [0.2, 0.25) is 0 Å². The van der Waals surface area contributed by atoms with Crippen LogP contribution in [-0.2, 0) is 10.0 Å². The molecule has 0 spiro atoms. The highest BCUT2D eigenvalue weighted by Gasteiger charge is 2.32. The summed E-state index contributed by atoms with van der Waals surface area (Å²) >= 11 is 0. The molecule has 3 aromatic rings. The summed E-state index contributed by atoms with van der Waals surface area (Å²) in [6.45, 7) is 0.249. The molecule has 1 aromatic heterocycles. The molecule has 1 aliphatic heterocycles. The van der Waals surface area contributed by atoms with E-state index in [1.165, 1.54) is 39.5 Å². The number of amides is 1. The van der Waals surface area contributed by atoms with Gasteiger partial charge in [0.25, 0.3) is 5.91 Å². The third kappa shape index (κ3) is 3.81. The normalized spacial score (nSPS) is 15.0. The van der Waals surface area contributed by atoms with E-state index in [1.807, 2.05) is 6.07 Å². The summed E-state index contributed by atoms with van der Waals surface area (Å²) < 4.78 is 40.8. The summed E-state index contributed by atoms with van der Waals surface area (Å²) in [5, 5.41) is 9.49. The molecule has 2 aromatic carbocycles. The lowest BCUT2D eigenvalue weighted by atomic mass is 10.1. The number of piperazine rings is 1. The van der Waals surface area contributed by atoms with Crippen molar-refractivity contribution < 1.29 is 17.6 Å². The Morgan fingerprint density at radius 2 is 1.77 bits per heavy atom. The van der Waals surface area contributed by atoms with Crippen LogP contribution in [0.5, 0.6) is 0 Å². The van der Waals surface area contributed by atoms with E-state index in [0.717, 1.165) is 6.07 Å². The van der Waals surface area contributed by atoms with Crippen molar-refractivity contribution in [3.8, 4) is 6.07 Å². The molecule has 8 nitrogen and oxygen atoms in total. The SMILES string of the molecule is N#Cc1ccccc1S(=O)(=O)N1CCN(C(=O)c2cc(=O)[nH]c3ccc(F)cc23)CC1. The molecule has 0 saturated carbocycles. The Hall–Kier alpha value is -3.55. The third-order valence-corrected chi connectivity index (χ3v) is 7.14. The molecule has 1 aliphatic rings. The lowest BCUT2D eigenvalue weighted by Crippen LogP contribution is -2.50. The number of benzene rings is 2. The minimum atomic E-state index is -3.90. The van der Waals surface area contributed by atoms with Crippen LogP contribution in [-0.4, -0.2) is 54.7 Å². The molecule has 10 heteroatoms. The smallest absolute Gasteiger partial charge is 0.254 e. The zero-order chi connectivity index (χ0) is 22.2. The zero-order valence-corrected chi connectivity index (χ0v) is 17.0. The van der Waals surface area contributed by atoms with Gasteiger partial charge in [-0.2, -0.15) is 9.57 Å². The van der Waals surface area contributed by atoms with E-state index in [2.05, 4.69) is 4.98 Å². The molecule has 1 saturated heterocycles.